The Labute approximate surface area is 204 Å². The van der Waals surface area contributed by atoms with Gasteiger partial charge in [-0.1, -0.05) is 19.1 Å². The zero-order valence-corrected chi connectivity index (χ0v) is 20.1. The van der Waals surface area contributed by atoms with E-state index in [1.54, 1.807) is 24.1 Å². The molecule has 2 aromatic rings. The topological polar surface area (TPSA) is 97.5 Å². The molecule has 0 radical (unpaired) electrons. The van der Waals surface area contributed by atoms with Crippen LogP contribution in [0.25, 0.3) is 0 Å². The van der Waals surface area contributed by atoms with Crippen LogP contribution in [-0.4, -0.2) is 60.4 Å². The van der Waals surface area contributed by atoms with Crippen molar-refractivity contribution >= 4 is 11.8 Å². The Morgan fingerprint density at radius 3 is 2.74 bits per heavy atom. The highest BCUT2D eigenvalue weighted by Gasteiger charge is 2.41. The summed E-state index contributed by atoms with van der Waals surface area (Å²) < 4.78 is 33.8. The van der Waals surface area contributed by atoms with Crippen molar-refractivity contribution in [2.75, 3.05) is 26.7 Å². The van der Waals surface area contributed by atoms with Crippen LogP contribution in [0.5, 0.6) is 5.75 Å². The van der Waals surface area contributed by atoms with Gasteiger partial charge in [-0.25, -0.2) is 13.8 Å². The molecule has 2 heterocycles. The van der Waals surface area contributed by atoms with E-state index in [1.165, 1.54) is 6.07 Å². The van der Waals surface area contributed by atoms with Gasteiger partial charge in [-0.05, 0) is 48.6 Å². The maximum Gasteiger partial charge on any atom is 0.272 e. The van der Waals surface area contributed by atoms with Crippen LogP contribution in [0.3, 0.4) is 0 Å². The van der Waals surface area contributed by atoms with Gasteiger partial charge in [0.1, 0.15) is 11.4 Å². The Bertz CT molecular complexity index is 1090. The van der Waals surface area contributed by atoms with E-state index < -0.39 is 17.7 Å². The lowest BCUT2D eigenvalue weighted by Crippen LogP contribution is -2.45. The average molecular weight is 487 g/mol. The standard InChI is InChI=1S/C26H32F2N4O3/c1-16-10-23(16)32(2)25(34)22-14-18(24(29)33)13-20(31-22)11-17-4-3-5-21(12-17)35-9-6-19-15-30-8-7-26(19,27)28/h3-5,12-14,16,19,23,30H,6-11,15H2,1-2H3,(H2,29,33)/t16-,19?,23-/m0/s1. The number of carbonyl (C=O) groups excluding carboxylic acids is 2. The van der Waals surface area contributed by atoms with Crippen LogP contribution in [0.4, 0.5) is 8.78 Å². The van der Waals surface area contributed by atoms with Crippen molar-refractivity contribution in [3.05, 3.63) is 58.9 Å². The van der Waals surface area contributed by atoms with E-state index in [-0.39, 0.29) is 49.2 Å². The zero-order chi connectivity index (χ0) is 25.2. The molecule has 1 aliphatic heterocycles. The van der Waals surface area contributed by atoms with Gasteiger partial charge in [0.2, 0.25) is 5.91 Å². The summed E-state index contributed by atoms with van der Waals surface area (Å²) in [6.07, 6.45) is 1.41. The van der Waals surface area contributed by atoms with E-state index >= 15 is 0 Å². The number of hydrogen-bond donors (Lipinski definition) is 2. The van der Waals surface area contributed by atoms with Gasteiger partial charge in [0.15, 0.2) is 0 Å². The molecule has 1 unspecified atom stereocenters. The predicted octanol–water partition coefficient (Wildman–Crippen LogP) is 3.27. The number of halogens is 2. The summed E-state index contributed by atoms with van der Waals surface area (Å²) in [5.41, 5.74) is 7.30. The number of piperidine rings is 1. The summed E-state index contributed by atoms with van der Waals surface area (Å²) in [6.45, 7) is 2.89. The first-order valence-electron chi connectivity index (χ1n) is 12.0. The van der Waals surface area contributed by atoms with Crippen LogP contribution < -0.4 is 15.8 Å². The second kappa shape index (κ2) is 10.3. The molecule has 2 fully saturated rings. The van der Waals surface area contributed by atoms with Gasteiger partial charge in [0.25, 0.3) is 11.8 Å². The smallest absolute Gasteiger partial charge is 0.272 e. The van der Waals surface area contributed by atoms with Crippen molar-refractivity contribution in [2.45, 2.75) is 44.6 Å². The number of nitrogens with two attached hydrogens (primary N) is 1. The minimum absolute atomic E-state index is 0.148. The molecule has 1 aromatic heterocycles. The van der Waals surface area contributed by atoms with Crippen LogP contribution in [0.1, 0.15) is 58.3 Å². The van der Waals surface area contributed by atoms with Gasteiger partial charge in [0.05, 0.1) is 6.61 Å². The van der Waals surface area contributed by atoms with Crippen molar-refractivity contribution < 1.29 is 23.1 Å². The molecule has 3 N–H and O–H groups in total. The fourth-order valence-electron chi connectivity index (χ4n) is 4.58. The van der Waals surface area contributed by atoms with E-state index in [2.05, 4.69) is 17.2 Å². The van der Waals surface area contributed by atoms with E-state index in [4.69, 9.17) is 10.5 Å². The highest BCUT2D eigenvalue weighted by molar-refractivity contribution is 5.98. The molecule has 1 saturated carbocycles. The Morgan fingerprint density at radius 2 is 2.06 bits per heavy atom. The van der Waals surface area contributed by atoms with E-state index in [9.17, 15) is 18.4 Å². The Balaban J connectivity index is 1.43. The van der Waals surface area contributed by atoms with Crippen molar-refractivity contribution in [3.8, 4) is 5.75 Å². The molecular formula is C26H32F2N4O3. The molecule has 7 nitrogen and oxygen atoms in total. The minimum Gasteiger partial charge on any atom is -0.494 e. The highest BCUT2D eigenvalue weighted by atomic mass is 19.3. The predicted molar refractivity (Wildman–Crippen MR) is 128 cm³/mol. The number of nitrogens with zero attached hydrogens (tertiary/aromatic N) is 2. The number of nitrogens with one attached hydrogen (secondary N) is 1. The number of ether oxygens (including phenoxy) is 1. The van der Waals surface area contributed by atoms with Gasteiger partial charge in [-0.2, -0.15) is 0 Å². The summed E-state index contributed by atoms with van der Waals surface area (Å²) >= 11 is 0. The van der Waals surface area contributed by atoms with Crippen LogP contribution in [0.15, 0.2) is 36.4 Å². The number of amides is 2. The van der Waals surface area contributed by atoms with Crippen LogP contribution in [0.2, 0.25) is 0 Å². The zero-order valence-electron chi connectivity index (χ0n) is 20.1. The molecule has 2 amide bonds. The van der Waals surface area contributed by atoms with E-state index in [0.717, 1.165) is 12.0 Å². The molecule has 0 bridgehead atoms. The number of aromatic nitrogens is 1. The second-order valence-electron chi connectivity index (χ2n) is 9.67. The number of primary amides is 1. The van der Waals surface area contributed by atoms with Gasteiger partial charge < -0.3 is 20.7 Å². The maximum atomic E-state index is 14.0. The minimum atomic E-state index is -2.67. The number of benzene rings is 1. The molecule has 1 aliphatic carbocycles. The summed E-state index contributed by atoms with van der Waals surface area (Å²) in [5.74, 6) is -3.27. The lowest BCUT2D eigenvalue weighted by molar-refractivity contribution is -0.0835. The van der Waals surface area contributed by atoms with Crippen molar-refractivity contribution in [3.63, 3.8) is 0 Å². The fourth-order valence-corrected chi connectivity index (χ4v) is 4.58. The summed E-state index contributed by atoms with van der Waals surface area (Å²) in [5, 5.41) is 3.02. The molecule has 35 heavy (non-hydrogen) atoms. The molecule has 1 saturated heterocycles. The van der Waals surface area contributed by atoms with Crippen molar-refractivity contribution in [2.24, 2.45) is 17.6 Å². The van der Waals surface area contributed by atoms with Gasteiger partial charge in [0, 0.05) is 56.2 Å². The maximum absolute atomic E-state index is 14.0. The molecule has 0 spiro atoms. The quantitative estimate of drug-likeness (QED) is 0.567. The number of rotatable bonds is 9. The van der Waals surface area contributed by atoms with Crippen LogP contribution in [0, 0.1) is 11.8 Å². The van der Waals surface area contributed by atoms with Crippen molar-refractivity contribution in [1.29, 1.82) is 0 Å². The molecule has 1 aromatic carbocycles. The largest absolute Gasteiger partial charge is 0.494 e. The fraction of sp³-hybridized carbons (Fsp3) is 0.500. The summed E-state index contributed by atoms with van der Waals surface area (Å²) in [4.78, 5) is 31.0. The van der Waals surface area contributed by atoms with Crippen LogP contribution >= 0.6 is 0 Å². The third-order valence-corrected chi connectivity index (χ3v) is 6.91. The second-order valence-corrected chi connectivity index (χ2v) is 9.67. The molecule has 4 rings (SSSR count). The third-order valence-electron chi connectivity index (χ3n) is 6.91. The van der Waals surface area contributed by atoms with Crippen LogP contribution in [-0.2, 0) is 6.42 Å². The Morgan fingerprint density at radius 1 is 1.29 bits per heavy atom. The van der Waals surface area contributed by atoms with Gasteiger partial charge >= 0.3 is 0 Å². The summed E-state index contributed by atoms with van der Waals surface area (Å²) in [7, 11) is 1.74. The molecule has 2 aliphatic rings. The molecular weight excluding hydrogens is 454 g/mol. The van der Waals surface area contributed by atoms with E-state index in [1.807, 2.05) is 18.2 Å². The number of carbonyl (C=O) groups is 2. The first-order chi connectivity index (χ1) is 16.6. The van der Waals surface area contributed by atoms with Gasteiger partial charge in [-0.3, -0.25) is 9.59 Å². The lowest BCUT2D eigenvalue weighted by atomic mass is 9.92. The Hall–Kier alpha value is -3.07. The first-order valence-corrected chi connectivity index (χ1v) is 12.0. The third kappa shape index (κ3) is 6.14. The van der Waals surface area contributed by atoms with E-state index in [0.29, 0.717) is 30.3 Å². The first kappa shape index (κ1) is 25.0. The average Bonchev–Trinajstić information content (AvgIpc) is 3.55. The van der Waals surface area contributed by atoms with Gasteiger partial charge in [-0.15, -0.1) is 0 Å². The lowest BCUT2D eigenvalue weighted by Gasteiger charge is -2.31. The SMILES string of the molecule is C[C@H]1C[C@@H]1N(C)C(=O)c1cc(C(N)=O)cc(Cc2cccc(OCCC3CNCCC3(F)F)c2)n1. The molecule has 188 valence electrons. The Kier molecular flexibility index (Phi) is 7.35. The molecule has 9 heteroatoms. The summed E-state index contributed by atoms with van der Waals surface area (Å²) in [6, 6.07) is 10.5. The monoisotopic (exact) mass is 486 g/mol. The normalized spacial score (nSPS) is 22.9. The number of alkyl halides is 2. The molecule has 3 atom stereocenters. The van der Waals surface area contributed by atoms with Crippen molar-refractivity contribution in [1.82, 2.24) is 15.2 Å². The number of pyridine rings is 1. The highest BCUT2D eigenvalue weighted by Crippen LogP contribution is 2.35. The number of hydrogen-bond acceptors (Lipinski definition) is 5.